The van der Waals surface area contributed by atoms with E-state index in [9.17, 15) is 12.8 Å². The van der Waals surface area contributed by atoms with E-state index in [0.29, 0.717) is 11.3 Å². The van der Waals surface area contributed by atoms with Crippen LogP contribution in [-0.4, -0.2) is 19.8 Å². The minimum atomic E-state index is -3.64. The molecule has 0 aliphatic heterocycles. The van der Waals surface area contributed by atoms with Crippen LogP contribution in [0.3, 0.4) is 0 Å². The van der Waals surface area contributed by atoms with Gasteiger partial charge in [0.25, 0.3) is 0 Å². The van der Waals surface area contributed by atoms with E-state index in [1.807, 2.05) is 0 Å². The lowest BCUT2D eigenvalue weighted by molar-refractivity contribution is 0.465. The molecule has 0 spiro atoms. The summed E-state index contributed by atoms with van der Waals surface area (Å²) >= 11 is 0. The Labute approximate surface area is 117 Å². The molecule has 0 radical (unpaired) electrons. The van der Waals surface area contributed by atoms with Gasteiger partial charge in [-0.3, -0.25) is 0 Å². The van der Waals surface area contributed by atoms with Crippen molar-refractivity contribution in [2.75, 3.05) is 12.8 Å². The molecule has 0 aromatic heterocycles. The van der Waals surface area contributed by atoms with E-state index in [4.69, 9.17) is 5.73 Å². The zero-order valence-electron chi connectivity index (χ0n) is 11.0. The normalized spacial score (nSPS) is 11.8. The second-order valence-corrected chi connectivity index (χ2v) is 6.51. The van der Waals surface area contributed by atoms with Gasteiger partial charge in [-0.1, -0.05) is 18.2 Å². The SMILES string of the molecule is CN(Cc1cccc(F)c1)S(=O)(=O)c1cccc(N)c1. The van der Waals surface area contributed by atoms with Gasteiger partial charge in [0.05, 0.1) is 4.90 Å². The van der Waals surface area contributed by atoms with E-state index in [2.05, 4.69) is 0 Å². The van der Waals surface area contributed by atoms with Crippen LogP contribution in [0.4, 0.5) is 10.1 Å². The maximum Gasteiger partial charge on any atom is 0.243 e. The van der Waals surface area contributed by atoms with Gasteiger partial charge < -0.3 is 5.73 Å². The van der Waals surface area contributed by atoms with Crippen LogP contribution in [0.2, 0.25) is 0 Å². The first kappa shape index (κ1) is 14.5. The first-order chi connectivity index (χ1) is 9.39. The third kappa shape index (κ3) is 3.15. The number of nitrogens with two attached hydrogens (primary N) is 1. The van der Waals surface area contributed by atoms with E-state index < -0.39 is 15.8 Å². The lowest BCUT2D eigenvalue weighted by Crippen LogP contribution is -2.26. The van der Waals surface area contributed by atoms with E-state index in [1.165, 1.54) is 31.3 Å². The van der Waals surface area contributed by atoms with Crippen LogP contribution >= 0.6 is 0 Å². The minimum Gasteiger partial charge on any atom is -0.399 e. The number of rotatable bonds is 4. The average Bonchev–Trinajstić information content (AvgIpc) is 2.38. The zero-order chi connectivity index (χ0) is 14.8. The van der Waals surface area contributed by atoms with Crippen molar-refractivity contribution >= 4 is 15.7 Å². The van der Waals surface area contributed by atoms with Crippen molar-refractivity contribution in [2.24, 2.45) is 0 Å². The Bertz CT molecular complexity index is 717. The fourth-order valence-corrected chi connectivity index (χ4v) is 3.05. The van der Waals surface area contributed by atoms with Crippen molar-refractivity contribution in [2.45, 2.75) is 11.4 Å². The van der Waals surface area contributed by atoms with Gasteiger partial charge in [-0.25, -0.2) is 12.8 Å². The zero-order valence-corrected chi connectivity index (χ0v) is 11.8. The van der Waals surface area contributed by atoms with Gasteiger partial charge in [-0.05, 0) is 35.9 Å². The fraction of sp³-hybridized carbons (Fsp3) is 0.143. The van der Waals surface area contributed by atoms with Crippen LogP contribution in [0.15, 0.2) is 53.4 Å². The van der Waals surface area contributed by atoms with Gasteiger partial charge in [0.15, 0.2) is 0 Å². The highest BCUT2D eigenvalue weighted by Gasteiger charge is 2.21. The van der Waals surface area contributed by atoms with Crippen LogP contribution in [0, 0.1) is 5.82 Å². The standard InChI is InChI=1S/C14H15FN2O2S/c1-17(10-11-4-2-5-12(15)8-11)20(18,19)14-7-3-6-13(16)9-14/h2-9H,10,16H2,1H3. The summed E-state index contributed by atoms with van der Waals surface area (Å²) in [6, 6.07) is 11.9. The van der Waals surface area contributed by atoms with Gasteiger partial charge in [0.2, 0.25) is 10.0 Å². The van der Waals surface area contributed by atoms with Crippen LogP contribution < -0.4 is 5.73 Å². The molecular weight excluding hydrogens is 279 g/mol. The highest BCUT2D eigenvalue weighted by atomic mass is 32.2. The van der Waals surface area contributed by atoms with Gasteiger partial charge in [-0.2, -0.15) is 4.31 Å². The number of halogens is 1. The van der Waals surface area contributed by atoms with Gasteiger partial charge >= 0.3 is 0 Å². The molecule has 0 heterocycles. The summed E-state index contributed by atoms with van der Waals surface area (Å²) in [5.74, 6) is -0.391. The van der Waals surface area contributed by atoms with Crippen molar-refractivity contribution in [1.82, 2.24) is 4.31 Å². The molecule has 20 heavy (non-hydrogen) atoms. The van der Waals surface area contributed by atoms with E-state index >= 15 is 0 Å². The van der Waals surface area contributed by atoms with Crippen molar-refractivity contribution in [3.05, 3.63) is 59.9 Å². The lowest BCUT2D eigenvalue weighted by atomic mass is 10.2. The number of nitrogen functional groups attached to an aromatic ring is 1. The molecule has 0 saturated heterocycles. The Morgan fingerprint density at radius 3 is 2.50 bits per heavy atom. The van der Waals surface area contributed by atoms with Crippen molar-refractivity contribution < 1.29 is 12.8 Å². The Morgan fingerprint density at radius 1 is 1.15 bits per heavy atom. The summed E-state index contributed by atoms with van der Waals surface area (Å²) in [7, 11) is -2.19. The number of benzene rings is 2. The van der Waals surface area contributed by atoms with Gasteiger partial charge in [0.1, 0.15) is 5.82 Å². The summed E-state index contributed by atoms with van der Waals surface area (Å²) in [5.41, 5.74) is 6.56. The lowest BCUT2D eigenvalue weighted by Gasteiger charge is -2.17. The first-order valence-electron chi connectivity index (χ1n) is 5.96. The van der Waals surface area contributed by atoms with Crippen molar-refractivity contribution in [3.63, 3.8) is 0 Å². The summed E-state index contributed by atoms with van der Waals surface area (Å²) in [6.45, 7) is 0.0922. The van der Waals surface area contributed by atoms with E-state index in [0.717, 1.165) is 4.31 Å². The second kappa shape index (κ2) is 5.60. The molecule has 2 aromatic carbocycles. The molecule has 0 unspecified atom stereocenters. The molecule has 0 saturated carbocycles. The first-order valence-corrected chi connectivity index (χ1v) is 7.40. The third-order valence-corrected chi connectivity index (χ3v) is 4.66. The fourth-order valence-electron chi connectivity index (χ4n) is 1.83. The van der Waals surface area contributed by atoms with Crippen molar-refractivity contribution in [3.8, 4) is 0 Å². The molecule has 0 bridgehead atoms. The largest absolute Gasteiger partial charge is 0.399 e. The molecule has 4 nitrogen and oxygen atoms in total. The smallest absolute Gasteiger partial charge is 0.243 e. The highest BCUT2D eigenvalue weighted by molar-refractivity contribution is 7.89. The monoisotopic (exact) mass is 294 g/mol. The number of sulfonamides is 1. The summed E-state index contributed by atoms with van der Waals surface area (Å²) in [4.78, 5) is 0.122. The molecule has 0 aliphatic rings. The Hall–Kier alpha value is -1.92. The third-order valence-electron chi connectivity index (χ3n) is 2.86. The maximum atomic E-state index is 13.1. The highest BCUT2D eigenvalue weighted by Crippen LogP contribution is 2.19. The number of nitrogens with zero attached hydrogens (tertiary/aromatic N) is 1. The summed E-state index contributed by atoms with van der Waals surface area (Å²) in [6.07, 6.45) is 0. The molecule has 0 amide bonds. The minimum absolute atomic E-state index is 0.0922. The topological polar surface area (TPSA) is 63.4 Å². The predicted molar refractivity (Wildman–Crippen MR) is 75.9 cm³/mol. The number of hydrogen-bond donors (Lipinski definition) is 1. The summed E-state index contributed by atoms with van der Waals surface area (Å²) in [5, 5.41) is 0. The second-order valence-electron chi connectivity index (χ2n) is 4.46. The Kier molecular flexibility index (Phi) is 4.06. The van der Waals surface area contributed by atoms with Crippen LogP contribution in [0.1, 0.15) is 5.56 Å². The Morgan fingerprint density at radius 2 is 1.85 bits per heavy atom. The molecular formula is C14H15FN2O2S. The quantitative estimate of drug-likeness (QED) is 0.880. The maximum absolute atomic E-state index is 13.1. The predicted octanol–water partition coefficient (Wildman–Crippen LogP) is 2.23. The number of anilines is 1. The molecule has 2 N–H and O–H groups in total. The van der Waals surface area contributed by atoms with E-state index in [-0.39, 0.29) is 11.4 Å². The van der Waals surface area contributed by atoms with Crippen LogP contribution in [0.5, 0.6) is 0 Å². The van der Waals surface area contributed by atoms with Crippen molar-refractivity contribution in [1.29, 1.82) is 0 Å². The summed E-state index contributed by atoms with van der Waals surface area (Å²) < 4.78 is 39.0. The molecule has 0 atom stereocenters. The molecule has 0 fully saturated rings. The average molecular weight is 294 g/mol. The number of hydrogen-bond acceptors (Lipinski definition) is 3. The van der Waals surface area contributed by atoms with Gasteiger partial charge in [-0.15, -0.1) is 0 Å². The van der Waals surface area contributed by atoms with E-state index in [1.54, 1.807) is 24.3 Å². The van der Waals surface area contributed by atoms with Crippen LogP contribution in [0.25, 0.3) is 0 Å². The molecule has 6 heteroatoms. The molecule has 106 valence electrons. The van der Waals surface area contributed by atoms with Gasteiger partial charge in [0, 0.05) is 19.3 Å². The Balaban J connectivity index is 2.26. The molecule has 2 aromatic rings. The van der Waals surface area contributed by atoms with Crippen LogP contribution in [-0.2, 0) is 16.6 Å². The molecule has 2 rings (SSSR count). The molecule has 0 aliphatic carbocycles.